The fourth-order valence-corrected chi connectivity index (χ4v) is 3.10. The molecular weight excluding hydrogens is 353 g/mol. The third kappa shape index (κ3) is 5.55. The molecule has 0 atom stereocenters. The molecule has 1 aromatic carbocycles. The number of thioether (sulfide) groups is 1. The highest BCUT2D eigenvalue weighted by atomic mass is 32.2. The van der Waals surface area contributed by atoms with Crippen LogP contribution in [0.1, 0.15) is 25.3 Å². The van der Waals surface area contributed by atoms with Crippen LogP contribution in [-0.4, -0.2) is 36.1 Å². The zero-order valence-corrected chi connectivity index (χ0v) is 14.7. The molecule has 0 aliphatic carbocycles. The van der Waals surface area contributed by atoms with Crippen LogP contribution in [0.4, 0.5) is 24.5 Å². The zero-order valence-electron chi connectivity index (χ0n) is 13.9. The number of carbonyl (C=O) groups excluding carboxylic acids is 1. The van der Waals surface area contributed by atoms with E-state index in [9.17, 15) is 18.0 Å². The lowest BCUT2D eigenvalue weighted by Gasteiger charge is -2.22. The van der Waals surface area contributed by atoms with Gasteiger partial charge in [-0.05, 0) is 42.4 Å². The number of hydrogen-bond donors (Lipinski definition) is 2. The quantitative estimate of drug-likeness (QED) is 0.614. The molecule has 2 rings (SSSR count). The molecule has 1 heterocycles. The second-order valence-corrected chi connectivity index (χ2v) is 6.85. The molecular formula is C16H21F3N4OS. The minimum absolute atomic E-state index is 0.214. The van der Waals surface area contributed by atoms with Gasteiger partial charge in [0, 0.05) is 25.3 Å². The lowest BCUT2D eigenvalue weighted by atomic mass is 10.1. The first-order valence-corrected chi connectivity index (χ1v) is 8.99. The van der Waals surface area contributed by atoms with Crippen LogP contribution in [0.3, 0.4) is 0 Å². The number of nitrogens with zero attached hydrogens (tertiary/aromatic N) is 2. The number of nitrogens with one attached hydrogen (secondary N) is 1. The average Bonchev–Trinajstić information content (AvgIpc) is 3.06. The van der Waals surface area contributed by atoms with Crippen LogP contribution in [0.15, 0.2) is 23.2 Å². The van der Waals surface area contributed by atoms with Gasteiger partial charge in [-0.15, -0.1) is 0 Å². The third-order valence-corrected chi connectivity index (χ3v) is 4.41. The monoisotopic (exact) mass is 374 g/mol. The maximum atomic E-state index is 12.4. The number of halogens is 3. The van der Waals surface area contributed by atoms with E-state index in [-0.39, 0.29) is 6.54 Å². The topological polar surface area (TPSA) is 70.7 Å². The molecule has 0 radical (unpaired) electrons. The van der Waals surface area contributed by atoms with E-state index < -0.39 is 12.1 Å². The molecule has 0 unspecified atom stereocenters. The minimum Gasteiger partial charge on any atom is -0.378 e. The van der Waals surface area contributed by atoms with Crippen LogP contribution in [0.5, 0.6) is 0 Å². The number of benzene rings is 1. The number of carbonyl (C=O) groups is 1. The fraction of sp³-hybridized carbons (Fsp3) is 0.500. The first-order chi connectivity index (χ1) is 11.8. The van der Waals surface area contributed by atoms with Crippen molar-refractivity contribution in [2.24, 2.45) is 10.7 Å². The van der Waals surface area contributed by atoms with Gasteiger partial charge in [-0.25, -0.2) is 4.99 Å². The molecule has 25 heavy (non-hydrogen) atoms. The number of nitrogens with two attached hydrogens (primary N) is 1. The van der Waals surface area contributed by atoms with Crippen LogP contribution >= 0.6 is 11.8 Å². The molecule has 138 valence electrons. The largest absolute Gasteiger partial charge is 0.471 e. The maximum absolute atomic E-state index is 12.4. The summed E-state index contributed by atoms with van der Waals surface area (Å²) in [7, 11) is 0. The van der Waals surface area contributed by atoms with Gasteiger partial charge >= 0.3 is 12.1 Å². The smallest absolute Gasteiger partial charge is 0.378 e. The lowest BCUT2D eigenvalue weighted by Crippen LogP contribution is -2.36. The van der Waals surface area contributed by atoms with Gasteiger partial charge in [0.25, 0.3) is 0 Å². The van der Waals surface area contributed by atoms with Crippen LogP contribution in [0, 0.1) is 0 Å². The van der Waals surface area contributed by atoms with E-state index in [1.54, 1.807) is 12.1 Å². The van der Waals surface area contributed by atoms with E-state index in [0.717, 1.165) is 37.4 Å². The summed E-state index contributed by atoms with van der Waals surface area (Å²) in [5, 5.41) is 2.32. The molecule has 0 aromatic heterocycles. The van der Waals surface area contributed by atoms with E-state index in [4.69, 9.17) is 5.73 Å². The number of amides is 1. The van der Waals surface area contributed by atoms with Crippen molar-refractivity contribution in [1.29, 1.82) is 0 Å². The molecule has 1 aliphatic heterocycles. The number of aliphatic imine (C=N–C) groups is 1. The number of rotatable bonds is 5. The summed E-state index contributed by atoms with van der Waals surface area (Å²) in [5.41, 5.74) is 7.76. The summed E-state index contributed by atoms with van der Waals surface area (Å²) in [5.74, 6) is -1.18. The molecule has 9 heteroatoms. The van der Waals surface area contributed by atoms with Crippen molar-refractivity contribution in [2.75, 3.05) is 23.7 Å². The molecule has 1 aromatic rings. The van der Waals surface area contributed by atoms with Gasteiger partial charge in [-0.2, -0.15) is 13.2 Å². The Morgan fingerprint density at radius 2 is 2.04 bits per heavy atom. The predicted molar refractivity (Wildman–Crippen MR) is 95.2 cm³/mol. The maximum Gasteiger partial charge on any atom is 0.471 e. The Morgan fingerprint density at radius 1 is 1.36 bits per heavy atom. The summed E-state index contributed by atoms with van der Waals surface area (Å²) in [6.45, 7) is 3.42. The summed E-state index contributed by atoms with van der Waals surface area (Å²) < 4.78 is 37.3. The van der Waals surface area contributed by atoms with Crippen molar-refractivity contribution >= 4 is 34.2 Å². The van der Waals surface area contributed by atoms with E-state index in [1.807, 2.05) is 18.3 Å². The highest BCUT2D eigenvalue weighted by Gasteiger charge is 2.38. The standard InChI is InChI=1S/C16H21F3N4OS/c1-2-25-15(20)22-12-5-6-13(23-7-3-4-8-23)11(9-12)10-21-14(24)16(17,18)19/h5-6,9H,2-4,7-8,10H2,1H3,(H2,20,22)(H,21,24). The van der Waals surface area contributed by atoms with Gasteiger partial charge in [-0.3, -0.25) is 4.79 Å². The lowest BCUT2D eigenvalue weighted by molar-refractivity contribution is -0.173. The van der Waals surface area contributed by atoms with Crippen molar-refractivity contribution in [2.45, 2.75) is 32.5 Å². The van der Waals surface area contributed by atoms with Gasteiger partial charge in [0.15, 0.2) is 5.17 Å². The predicted octanol–water partition coefficient (Wildman–Crippen LogP) is 3.16. The summed E-state index contributed by atoms with van der Waals surface area (Å²) in [4.78, 5) is 17.5. The number of hydrogen-bond acceptors (Lipinski definition) is 4. The highest BCUT2D eigenvalue weighted by Crippen LogP contribution is 2.29. The Bertz CT molecular complexity index is 643. The molecule has 0 bridgehead atoms. The Kier molecular flexibility index (Phi) is 6.57. The van der Waals surface area contributed by atoms with Crippen molar-refractivity contribution < 1.29 is 18.0 Å². The Balaban J connectivity index is 2.24. The van der Waals surface area contributed by atoms with Gasteiger partial charge in [0.1, 0.15) is 0 Å². The molecule has 1 fully saturated rings. The Morgan fingerprint density at radius 3 is 2.64 bits per heavy atom. The van der Waals surface area contributed by atoms with Gasteiger partial charge < -0.3 is 16.0 Å². The van der Waals surface area contributed by atoms with E-state index >= 15 is 0 Å². The average molecular weight is 374 g/mol. The molecule has 0 saturated carbocycles. The molecule has 1 amide bonds. The summed E-state index contributed by atoms with van der Waals surface area (Å²) in [6, 6.07) is 5.28. The number of alkyl halides is 3. The van der Waals surface area contributed by atoms with Crippen molar-refractivity contribution in [3.63, 3.8) is 0 Å². The SMILES string of the molecule is CCSC(N)=Nc1ccc(N2CCCC2)c(CNC(=O)C(F)(F)F)c1. The summed E-state index contributed by atoms with van der Waals surface area (Å²) >= 11 is 1.38. The van der Waals surface area contributed by atoms with E-state index in [1.165, 1.54) is 11.8 Å². The van der Waals surface area contributed by atoms with Crippen LogP contribution in [0.25, 0.3) is 0 Å². The highest BCUT2D eigenvalue weighted by molar-refractivity contribution is 8.13. The Hall–Kier alpha value is -1.90. The molecule has 0 spiro atoms. The van der Waals surface area contributed by atoms with Crippen LogP contribution < -0.4 is 16.0 Å². The number of amidine groups is 1. The van der Waals surface area contributed by atoms with Crippen molar-refractivity contribution in [3.05, 3.63) is 23.8 Å². The van der Waals surface area contributed by atoms with Crippen molar-refractivity contribution in [1.82, 2.24) is 5.32 Å². The van der Waals surface area contributed by atoms with Gasteiger partial charge in [0.2, 0.25) is 0 Å². The Labute approximate surface area is 148 Å². The van der Waals surface area contributed by atoms with E-state index in [0.29, 0.717) is 16.4 Å². The second-order valence-electron chi connectivity index (χ2n) is 5.57. The first-order valence-electron chi connectivity index (χ1n) is 8.01. The molecule has 1 aliphatic rings. The van der Waals surface area contributed by atoms with Crippen LogP contribution in [0.2, 0.25) is 0 Å². The normalized spacial score (nSPS) is 15.5. The van der Waals surface area contributed by atoms with Crippen molar-refractivity contribution in [3.8, 4) is 0 Å². The first kappa shape index (κ1) is 19.4. The third-order valence-electron chi connectivity index (χ3n) is 3.74. The molecule has 5 nitrogen and oxygen atoms in total. The van der Waals surface area contributed by atoms with Crippen LogP contribution in [-0.2, 0) is 11.3 Å². The number of anilines is 1. The fourth-order valence-electron chi connectivity index (χ4n) is 2.63. The van der Waals surface area contributed by atoms with E-state index in [2.05, 4.69) is 9.89 Å². The van der Waals surface area contributed by atoms with Gasteiger partial charge in [-0.1, -0.05) is 18.7 Å². The summed E-state index contributed by atoms with van der Waals surface area (Å²) in [6.07, 6.45) is -2.82. The second kappa shape index (κ2) is 8.46. The zero-order chi connectivity index (χ0) is 18.4. The minimum atomic E-state index is -4.90. The van der Waals surface area contributed by atoms with Gasteiger partial charge in [0.05, 0.1) is 5.69 Å². The molecule has 3 N–H and O–H groups in total. The molecule has 1 saturated heterocycles.